The molecule has 2 heteroatoms. The number of para-hydroxylation sites is 1. The van der Waals surface area contributed by atoms with Gasteiger partial charge in [-0.05, 0) is 18.6 Å². The van der Waals surface area contributed by atoms with E-state index in [0.29, 0.717) is 12.6 Å². The second kappa shape index (κ2) is 8.17. The zero-order valence-corrected chi connectivity index (χ0v) is 10.3. The molecule has 0 aliphatic carbocycles. The number of nitrogens with two attached hydrogens (primary N) is 1. The Labute approximate surface area is 99.2 Å². The first-order valence-electron chi connectivity index (χ1n) is 6.38. The van der Waals surface area contributed by atoms with Gasteiger partial charge in [0.15, 0.2) is 0 Å². The number of nitrogens with one attached hydrogen (secondary N) is 1. The fourth-order valence-electron chi connectivity index (χ4n) is 1.84. The van der Waals surface area contributed by atoms with Crippen LogP contribution < -0.4 is 11.1 Å². The average molecular weight is 220 g/mol. The van der Waals surface area contributed by atoms with Crippen molar-refractivity contribution in [2.75, 3.05) is 11.9 Å². The standard InChI is InChI=1S/C14H24N2/c1-2-3-4-6-11-14(12-15)16-13-9-7-5-8-10-13/h5,7-10,14,16H,2-4,6,11-12,15H2,1H3. The summed E-state index contributed by atoms with van der Waals surface area (Å²) in [6, 6.07) is 10.7. The molecule has 0 aliphatic rings. The third-order valence-corrected chi connectivity index (χ3v) is 2.84. The fraction of sp³-hybridized carbons (Fsp3) is 0.571. The van der Waals surface area contributed by atoms with Crippen molar-refractivity contribution < 1.29 is 0 Å². The van der Waals surface area contributed by atoms with E-state index in [-0.39, 0.29) is 0 Å². The van der Waals surface area contributed by atoms with Crippen molar-refractivity contribution >= 4 is 5.69 Å². The van der Waals surface area contributed by atoms with E-state index in [1.54, 1.807) is 0 Å². The van der Waals surface area contributed by atoms with E-state index in [1.165, 1.54) is 37.8 Å². The zero-order valence-electron chi connectivity index (χ0n) is 10.3. The second-order valence-electron chi connectivity index (χ2n) is 4.29. The molecule has 3 N–H and O–H groups in total. The lowest BCUT2D eigenvalue weighted by molar-refractivity contribution is 0.575. The van der Waals surface area contributed by atoms with Gasteiger partial charge in [-0.3, -0.25) is 0 Å². The van der Waals surface area contributed by atoms with Crippen molar-refractivity contribution in [2.24, 2.45) is 5.73 Å². The third kappa shape index (κ3) is 5.17. The predicted octanol–water partition coefficient (Wildman–Crippen LogP) is 3.40. The Morgan fingerprint density at radius 1 is 1.12 bits per heavy atom. The summed E-state index contributed by atoms with van der Waals surface area (Å²) < 4.78 is 0. The molecule has 1 aromatic rings. The summed E-state index contributed by atoms with van der Waals surface area (Å²) in [5.41, 5.74) is 6.95. The summed E-state index contributed by atoms with van der Waals surface area (Å²) in [5.74, 6) is 0. The van der Waals surface area contributed by atoms with E-state index < -0.39 is 0 Å². The highest BCUT2D eigenvalue weighted by Gasteiger charge is 2.05. The minimum atomic E-state index is 0.416. The van der Waals surface area contributed by atoms with Crippen LogP contribution in [0.15, 0.2) is 30.3 Å². The highest BCUT2D eigenvalue weighted by atomic mass is 14.9. The largest absolute Gasteiger partial charge is 0.381 e. The number of hydrogen-bond acceptors (Lipinski definition) is 2. The van der Waals surface area contributed by atoms with E-state index in [0.717, 1.165) is 0 Å². The Bertz CT molecular complexity index is 259. The molecule has 1 unspecified atom stereocenters. The maximum absolute atomic E-state index is 5.77. The molecule has 1 rings (SSSR count). The molecule has 0 fully saturated rings. The minimum absolute atomic E-state index is 0.416. The van der Waals surface area contributed by atoms with E-state index in [1.807, 2.05) is 18.2 Å². The zero-order chi connectivity index (χ0) is 11.6. The maximum Gasteiger partial charge on any atom is 0.0383 e. The normalized spacial score (nSPS) is 12.4. The van der Waals surface area contributed by atoms with Crippen molar-refractivity contribution in [2.45, 2.75) is 45.1 Å². The van der Waals surface area contributed by atoms with Gasteiger partial charge >= 0.3 is 0 Å². The molecule has 2 nitrogen and oxygen atoms in total. The van der Waals surface area contributed by atoms with Gasteiger partial charge in [0.05, 0.1) is 0 Å². The molecule has 0 radical (unpaired) electrons. The highest BCUT2D eigenvalue weighted by molar-refractivity contribution is 5.43. The molecule has 1 atom stereocenters. The molecule has 0 saturated heterocycles. The lowest BCUT2D eigenvalue weighted by atomic mass is 10.1. The summed E-state index contributed by atoms with van der Waals surface area (Å²) in [6.07, 6.45) is 6.40. The lowest BCUT2D eigenvalue weighted by Gasteiger charge is -2.17. The number of benzene rings is 1. The van der Waals surface area contributed by atoms with Crippen LogP contribution in [0, 0.1) is 0 Å². The van der Waals surface area contributed by atoms with Crippen LogP contribution in [-0.4, -0.2) is 12.6 Å². The molecule has 0 aliphatic heterocycles. The topological polar surface area (TPSA) is 38.0 Å². The van der Waals surface area contributed by atoms with Gasteiger partial charge in [-0.25, -0.2) is 0 Å². The average Bonchev–Trinajstić information content (AvgIpc) is 2.34. The molecule has 0 saturated carbocycles. The summed E-state index contributed by atoms with van der Waals surface area (Å²) in [4.78, 5) is 0. The minimum Gasteiger partial charge on any atom is -0.381 e. The smallest absolute Gasteiger partial charge is 0.0383 e. The van der Waals surface area contributed by atoms with E-state index in [2.05, 4.69) is 24.4 Å². The molecule has 1 aromatic carbocycles. The van der Waals surface area contributed by atoms with E-state index >= 15 is 0 Å². The monoisotopic (exact) mass is 220 g/mol. The lowest BCUT2D eigenvalue weighted by Crippen LogP contribution is -2.28. The summed E-state index contributed by atoms with van der Waals surface area (Å²) >= 11 is 0. The summed E-state index contributed by atoms with van der Waals surface area (Å²) in [5, 5.41) is 3.48. The van der Waals surface area contributed by atoms with Crippen molar-refractivity contribution in [3.63, 3.8) is 0 Å². The highest BCUT2D eigenvalue weighted by Crippen LogP contribution is 2.11. The summed E-state index contributed by atoms with van der Waals surface area (Å²) in [6.45, 7) is 2.95. The Hall–Kier alpha value is -1.02. The number of hydrogen-bond donors (Lipinski definition) is 2. The first kappa shape index (κ1) is 13.0. The quantitative estimate of drug-likeness (QED) is 0.659. The van der Waals surface area contributed by atoms with Gasteiger partial charge in [-0.15, -0.1) is 0 Å². The SMILES string of the molecule is CCCCCCC(CN)Nc1ccccc1. The molecule has 90 valence electrons. The van der Waals surface area contributed by atoms with Gasteiger partial charge in [0.25, 0.3) is 0 Å². The molecular formula is C14H24N2. The van der Waals surface area contributed by atoms with Crippen LogP contribution in [0.3, 0.4) is 0 Å². The molecule has 0 aromatic heterocycles. The van der Waals surface area contributed by atoms with Gasteiger partial charge < -0.3 is 11.1 Å². The maximum atomic E-state index is 5.77. The Balaban J connectivity index is 2.26. The molecular weight excluding hydrogens is 196 g/mol. The van der Waals surface area contributed by atoms with Crippen LogP contribution in [-0.2, 0) is 0 Å². The predicted molar refractivity (Wildman–Crippen MR) is 71.7 cm³/mol. The number of anilines is 1. The van der Waals surface area contributed by atoms with Crippen LogP contribution >= 0.6 is 0 Å². The van der Waals surface area contributed by atoms with Crippen molar-refractivity contribution in [1.29, 1.82) is 0 Å². The van der Waals surface area contributed by atoms with E-state index in [4.69, 9.17) is 5.73 Å². The van der Waals surface area contributed by atoms with Crippen LogP contribution in [0.5, 0.6) is 0 Å². The van der Waals surface area contributed by atoms with Crippen LogP contribution in [0.25, 0.3) is 0 Å². The van der Waals surface area contributed by atoms with Gasteiger partial charge in [-0.1, -0.05) is 50.8 Å². The van der Waals surface area contributed by atoms with Gasteiger partial charge in [0.1, 0.15) is 0 Å². The first-order valence-corrected chi connectivity index (χ1v) is 6.38. The molecule has 0 heterocycles. The first-order chi connectivity index (χ1) is 7.86. The third-order valence-electron chi connectivity index (χ3n) is 2.84. The summed E-state index contributed by atoms with van der Waals surface area (Å²) in [7, 11) is 0. The van der Waals surface area contributed by atoms with E-state index in [9.17, 15) is 0 Å². The van der Waals surface area contributed by atoms with Crippen molar-refractivity contribution in [3.8, 4) is 0 Å². The Morgan fingerprint density at radius 3 is 2.50 bits per heavy atom. The van der Waals surface area contributed by atoms with Gasteiger partial charge in [-0.2, -0.15) is 0 Å². The van der Waals surface area contributed by atoms with Gasteiger partial charge in [0.2, 0.25) is 0 Å². The van der Waals surface area contributed by atoms with Crippen LogP contribution in [0.2, 0.25) is 0 Å². The molecule has 16 heavy (non-hydrogen) atoms. The van der Waals surface area contributed by atoms with Crippen LogP contribution in [0.1, 0.15) is 39.0 Å². The number of rotatable bonds is 8. The second-order valence-corrected chi connectivity index (χ2v) is 4.29. The number of unbranched alkanes of at least 4 members (excludes halogenated alkanes) is 3. The Morgan fingerprint density at radius 2 is 1.88 bits per heavy atom. The van der Waals surface area contributed by atoms with Crippen molar-refractivity contribution in [3.05, 3.63) is 30.3 Å². The Kier molecular flexibility index (Phi) is 6.66. The molecule has 0 spiro atoms. The van der Waals surface area contributed by atoms with Gasteiger partial charge in [0, 0.05) is 18.3 Å². The van der Waals surface area contributed by atoms with Crippen molar-refractivity contribution in [1.82, 2.24) is 0 Å². The molecule has 0 bridgehead atoms. The van der Waals surface area contributed by atoms with Crippen LogP contribution in [0.4, 0.5) is 5.69 Å². The molecule has 0 amide bonds. The fourth-order valence-corrected chi connectivity index (χ4v) is 1.84.